The predicted molar refractivity (Wildman–Crippen MR) is 145 cm³/mol. The molecule has 0 saturated carbocycles. The van der Waals surface area contributed by atoms with Gasteiger partial charge >= 0.3 is 12.0 Å². The molecule has 5 amide bonds. The number of esters is 1. The molecule has 0 aliphatic carbocycles. The predicted octanol–water partition coefficient (Wildman–Crippen LogP) is 3.82. The first kappa shape index (κ1) is 27.9. The van der Waals surface area contributed by atoms with Crippen molar-refractivity contribution in [1.82, 2.24) is 5.32 Å². The number of rotatable bonds is 8. The number of carbonyl (C=O) groups is 5. The Kier molecular flexibility index (Phi) is 8.45. The molecule has 3 aromatic carbocycles. The molecule has 4 rings (SSSR count). The highest BCUT2D eigenvalue weighted by Crippen LogP contribution is 2.29. The van der Waals surface area contributed by atoms with E-state index in [1.807, 2.05) is 0 Å². The lowest BCUT2D eigenvalue weighted by Gasteiger charge is -2.26. The molecule has 0 radical (unpaired) electrons. The standard InChI is InChI=1S/C28H22ClN3O8/c1-38-23-6-4-3-5-21(23)30-24(33)15-40-22-12-9-18(29)13-17(22)14-20-25(34)31-28(37)32(26(20)35)19-10-7-16(8-11-19)27(36)39-2/h3-14H,15H2,1-2H3,(H,30,33)(H,31,34,37)/b20-14-. The van der Waals surface area contributed by atoms with Crippen LogP contribution >= 0.6 is 11.6 Å². The molecule has 3 aromatic rings. The summed E-state index contributed by atoms with van der Waals surface area (Å²) in [5.74, 6) is -2.32. The highest BCUT2D eigenvalue weighted by atomic mass is 35.5. The Bertz CT molecular complexity index is 1530. The minimum Gasteiger partial charge on any atom is -0.495 e. The zero-order valence-electron chi connectivity index (χ0n) is 21.2. The van der Waals surface area contributed by atoms with E-state index < -0.39 is 36.3 Å². The molecular formula is C28H22ClN3O8. The maximum absolute atomic E-state index is 13.3. The lowest BCUT2D eigenvalue weighted by Crippen LogP contribution is -2.54. The number of ether oxygens (including phenoxy) is 3. The van der Waals surface area contributed by atoms with Gasteiger partial charge in [0.05, 0.1) is 31.2 Å². The van der Waals surface area contributed by atoms with Crippen LogP contribution in [0.4, 0.5) is 16.2 Å². The maximum Gasteiger partial charge on any atom is 0.337 e. The Balaban J connectivity index is 1.57. The number of methoxy groups -OCH3 is 2. The fraction of sp³-hybridized carbons (Fsp3) is 0.107. The average molecular weight is 564 g/mol. The Morgan fingerprint density at radius 2 is 1.70 bits per heavy atom. The monoisotopic (exact) mass is 563 g/mol. The minimum atomic E-state index is -0.964. The van der Waals surface area contributed by atoms with E-state index >= 15 is 0 Å². The van der Waals surface area contributed by atoms with Crippen molar-refractivity contribution < 1.29 is 38.2 Å². The Morgan fingerprint density at radius 3 is 2.40 bits per heavy atom. The second-order valence-electron chi connectivity index (χ2n) is 8.22. The number of nitrogens with zero attached hydrogens (tertiary/aromatic N) is 1. The van der Waals surface area contributed by atoms with Gasteiger partial charge in [-0.05, 0) is 60.7 Å². The third-order valence-corrected chi connectivity index (χ3v) is 5.89. The van der Waals surface area contributed by atoms with Gasteiger partial charge in [-0.1, -0.05) is 23.7 Å². The highest BCUT2D eigenvalue weighted by molar-refractivity contribution is 6.39. The van der Waals surface area contributed by atoms with Crippen LogP contribution in [0.25, 0.3) is 6.08 Å². The summed E-state index contributed by atoms with van der Waals surface area (Å²) < 4.78 is 15.5. The smallest absolute Gasteiger partial charge is 0.337 e. The summed E-state index contributed by atoms with van der Waals surface area (Å²) in [6.07, 6.45) is 1.21. The molecule has 0 bridgehead atoms. The van der Waals surface area contributed by atoms with E-state index in [9.17, 15) is 24.0 Å². The fourth-order valence-electron chi connectivity index (χ4n) is 3.75. The molecular weight excluding hydrogens is 542 g/mol. The summed E-state index contributed by atoms with van der Waals surface area (Å²) in [6.45, 7) is -0.410. The fourth-order valence-corrected chi connectivity index (χ4v) is 3.93. The SMILES string of the molecule is COC(=O)c1ccc(N2C(=O)NC(=O)/C(=C/c3cc(Cl)ccc3OCC(=O)Nc3ccccc3OC)C2=O)cc1. The van der Waals surface area contributed by atoms with Gasteiger partial charge in [0.15, 0.2) is 6.61 Å². The molecule has 1 heterocycles. The summed E-state index contributed by atoms with van der Waals surface area (Å²) in [4.78, 5) is 63.5. The molecule has 1 aliphatic heterocycles. The van der Waals surface area contributed by atoms with Gasteiger partial charge < -0.3 is 19.5 Å². The van der Waals surface area contributed by atoms with Crippen LogP contribution in [0.5, 0.6) is 11.5 Å². The van der Waals surface area contributed by atoms with Crippen LogP contribution in [0.3, 0.4) is 0 Å². The number of urea groups is 1. The first-order chi connectivity index (χ1) is 19.2. The summed E-state index contributed by atoms with van der Waals surface area (Å²) in [5.41, 5.74) is 0.599. The van der Waals surface area contributed by atoms with Gasteiger partial charge in [0.1, 0.15) is 17.1 Å². The molecule has 1 fully saturated rings. The largest absolute Gasteiger partial charge is 0.495 e. The molecule has 1 saturated heterocycles. The number of imide groups is 2. The van der Waals surface area contributed by atoms with Gasteiger partial charge in [0.25, 0.3) is 17.7 Å². The van der Waals surface area contributed by atoms with Crippen LogP contribution in [0, 0.1) is 0 Å². The average Bonchev–Trinajstić information content (AvgIpc) is 2.95. The number of barbiturate groups is 1. The molecule has 0 spiro atoms. The molecule has 11 nitrogen and oxygen atoms in total. The quantitative estimate of drug-likeness (QED) is 0.239. The van der Waals surface area contributed by atoms with Gasteiger partial charge in [-0.15, -0.1) is 0 Å². The normalized spacial score (nSPS) is 14.0. The van der Waals surface area contributed by atoms with E-state index in [4.69, 9.17) is 21.1 Å². The van der Waals surface area contributed by atoms with E-state index in [2.05, 4.69) is 15.4 Å². The van der Waals surface area contributed by atoms with Crippen molar-refractivity contribution in [2.75, 3.05) is 31.0 Å². The molecule has 12 heteroatoms. The lowest BCUT2D eigenvalue weighted by molar-refractivity contribution is -0.122. The van der Waals surface area contributed by atoms with Crippen LogP contribution in [-0.4, -0.2) is 50.5 Å². The van der Waals surface area contributed by atoms with Crippen molar-refractivity contribution in [3.05, 3.63) is 88.5 Å². The Morgan fingerprint density at radius 1 is 0.975 bits per heavy atom. The topological polar surface area (TPSA) is 140 Å². The van der Waals surface area contributed by atoms with Crippen molar-refractivity contribution in [2.45, 2.75) is 0 Å². The summed E-state index contributed by atoms with van der Waals surface area (Å²) in [6, 6.07) is 15.8. The van der Waals surface area contributed by atoms with Crippen molar-refractivity contribution in [2.24, 2.45) is 0 Å². The number of hydrogen-bond acceptors (Lipinski definition) is 8. The number of benzene rings is 3. The van der Waals surface area contributed by atoms with Crippen LogP contribution in [-0.2, 0) is 19.1 Å². The van der Waals surface area contributed by atoms with E-state index in [-0.39, 0.29) is 33.2 Å². The van der Waals surface area contributed by atoms with Gasteiger partial charge in [0, 0.05) is 10.6 Å². The summed E-state index contributed by atoms with van der Waals surface area (Å²) in [7, 11) is 2.70. The lowest BCUT2D eigenvalue weighted by atomic mass is 10.1. The number of nitrogens with one attached hydrogen (secondary N) is 2. The third kappa shape index (κ3) is 6.11. The Hall–Kier alpha value is -5.16. The zero-order chi connectivity index (χ0) is 28.8. The molecule has 204 valence electrons. The second-order valence-corrected chi connectivity index (χ2v) is 8.65. The van der Waals surface area contributed by atoms with Crippen molar-refractivity contribution in [1.29, 1.82) is 0 Å². The zero-order valence-corrected chi connectivity index (χ0v) is 22.0. The molecule has 1 aliphatic rings. The first-order valence-electron chi connectivity index (χ1n) is 11.7. The number of hydrogen-bond donors (Lipinski definition) is 2. The number of anilines is 2. The van der Waals surface area contributed by atoms with Gasteiger partial charge in [-0.25, -0.2) is 14.5 Å². The third-order valence-electron chi connectivity index (χ3n) is 5.66. The van der Waals surface area contributed by atoms with Crippen molar-refractivity contribution >= 4 is 58.8 Å². The van der Waals surface area contributed by atoms with E-state index in [0.717, 1.165) is 4.90 Å². The number of halogens is 1. The van der Waals surface area contributed by atoms with E-state index in [1.165, 1.54) is 62.8 Å². The van der Waals surface area contributed by atoms with Crippen LogP contribution in [0.15, 0.2) is 72.3 Å². The van der Waals surface area contributed by atoms with E-state index in [0.29, 0.717) is 11.4 Å². The van der Waals surface area contributed by atoms with Crippen LogP contribution in [0.2, 0.25) is 5.02 Å². The highest BCUT2D eigenvalue weighted by Gasteiger charge is 2.37. The van der Waals surface area contributed by atoms with E-state index in [1.54, 1.807) is 24.3 Å². The number of amides is 5. The van der Waals surface area contributed by atoms with Crippen molar-refractivity contribution in [3.63, 3.8) is 0 Å². The van der Waals surface area contributed by atoms with Crippen LogP contribution < -0.4 is 25.0 Å². The molecule has 0 aromatic heterocycles. The van der Waals surface area contributed by atoms with Crippen molar-refractivity contribution in [3.8, 4) is 11.5 Å². The van der Waals surface area contributed by atoms with Crippen LogP contribution in [0.1, 0.15) is 15.9 Å². The maximum atomic E-state index is 13.3. The number of carbonyl (C=O) groups excluding carboxylic acids is 5. The summed E-state index contributed by atoms with van der Waals surface area (Å²) in [5, 5.41) is 5.07. The van der Waals surface area contributed by atoms with Gasteiger partial charge in [-0.3, -0.25) is 19.7 Å². The first-order valence-corrected chi connectivity index (χ1v) is 12.0. The van der Waals surface area contributed by atoms with Gasteiger partial charge in [0.2, 0.25) is 0 Å². The number of para-hydroxylation sites is 2. The Labute approximate surface area is 233 Å². The molecule has 0 unspecified atom stereocenters. The molecule has 40 heavy (non-hydrogen) atoms. The van der Waals surface area contributed by atoms with Gasteiger partial charge in [-0.2, -0.15) is 0 Å². The molecule has 0 atom stereocenters. The summed E-state index contributed by atoms with van der Waals surface area (Å²) >= 11 is 6.14. The minimum absolute atomic E-state index is 0.115. The second kappa shape index (κ2) is 12.1. The molecule has 2 N–H and O–H groups in total.